The Morgan fingerprint density at radius 3 is 0.875 bits per heavy atom. The van der Waals surface area contributed by atoms with Gasteiger partial charge in [-0.25, -0.2) is 0 Å². The van der Waals surface area contributed by atoms with Crippen molar-refractivity contribution in [1.82, 2.24) is 0 Å². The average Bonchev–Trinajstić information content (AvgIpc) is 0.722. The van der Waals surface area contributed by atoms with Crippen LogP contribution >= 0.6 is 0 Å². The molecule has 4 nitrogen and oxygen atoms in total. The second-order valence-electron chi connectivity index (χ2n) is 0.524. The van der Waals surface area contributed by atoms with E-state index in [2.05, 4.69) is 0 Å². The molecule has 0 aromatic carbocycles. The van der Waals surface area contributed by atoms with Gasteiger partial charge in [0.1, 0.15) is 0 Å². The molecule has 0 rings (SSSR count). The molecule has 0 aliphatic heterocycles. The van der Waals surface area contributed by atoms with Crippen LogP contribution in [0.5, 0.6) is 0 Å². The molecule has 0 fully saturated rings. The first kappa shape index (κ1) is 23.1. The minimum absolute atomic E-state index is 0. The van der Waals surface area contributed by atoms with E-state index in [1.165, 1.54) is 0 Å². The zero-order valence-corrected chi connectivity index (χ0v) is 15.5. The van der Waals surface area contributed by atoms with Crippen LogP contribution in [0.15, 0.2) is 0 Å². The van der Waals surface area contributed by atoms with E-state index in [1.54, 1.807) is 0 Å². The minimum Gasteiger partial charge on any atom is -0.861 e. The second-order valence-corrected chi connectivity index (χ2v) is 1.57. The third-order valence-electron chi connectivity index (χ3n) is 0. The van der Waals surface area contributed by atoms with E-state index in [-0.39, 0.29) is 154 Å². The molecule has 8 heteroatoms. The van der Waals surface area contributed by atoms with Crippen molar-refractivity contribution in [3.05, 3.63) is 0 Å². The molecule has 0 saturated heterocycles. The van der Waals surface area contributed by atoms with Crippen LogP contribution in [-0.2, 0) is 0 Å². The topological polar surface area (TPSA) is 89.4 Å². The van der Waals surface area contributed by atoms with Crippen LogP contribution in [0, 0.1) is 0 Å². The van der Waals surface area contributed by atoms with Crippen molar-refractivity contribution in [1.29, 1.82) is 0 Å². The summed E-state index contributed by atoms with van der Waals surface area (Å²) in [6.45, 7) is 0. The molecular formula is HK3O4Si. The predicted octanol–water partition coefficient (Wildman–Crippen LogP) is -13.5. The van der Waals surface area contributed by atoms with Crippen molar-refractivity contribution < 1.29 is 173 Å². The molecule has 0 bridgehead atoms. The Morgan fingerprint density at radius 1 is 0.875 bits per heavy atom. The van der Waals surface area contributed by atoms with Gasteiger partial charge in [-0.2, -0.15) is 0 Å². The van der Waals surface area contributed by atoms with Crippen LogP contribution in [-0.4, -0.2) is 13.8 Å². The maximum atomic E-state index is 8.69. The third kappa shape index (κ3) is 44.2. The number of rotatable bonds is 0. The van der Waals surface area contributed by atoms with Crippen LogP contribution in [0.25, 0.3) is 0 Å². The third-order valence-corrected chi connectivity index (χ3v) is 0. The van der Waals surface area contributed by atoms with Crippen molar-refractivity contribution in [2.24, 2.45) is 0 Å². The molecule has 0 saturated carbocycles. The van der Waals surface area contributed by atoms with Gasteiger partial charge in [-0.15, -0.1) is 9.05 Å². The first-order chi connectivity index (χ1) is 2.00. The molecule has 0 unspecified atom stereocenters. The molecule has 0 aliphatic rings. The van der Waals surface area contributed by atoms with E-state index >= 15 is 0 Å². The van der Waals surface area contributed by atoms with Gasteiger partial charge in [0.2, 0.25) is 0 Å². The second kappa shape index (κ2) is 12.0. The largest absolute Gasteiger partial charge is 1.00 e. The fraction of sp³-hybridized carbons (Fsp3) is 0. The molecule has 0 radical (unpaired) electrons. The Kier molecular flexibility index (Phi) is 34.5. The molecular weight excluding hydrogens is 209 g/mol. The summed E-state index contributed by atoms with van der Waals surface area (Å²) in [7, 11) is -5.36. The molecule has 0 aromatic heterocycles. The van der Waals surface area contributed by atoms with Crippen LogP contribution in [0.1, 0.15) is 0 Å². The van der Waals surface area contributed by atoms with Crippen LogP contribution in [0.4, 0.5) is 0 Å². The van der Waals surface area contributed by atoms with Gasteiger partial charge in [0.25, 0.3) is 0 Å². The van der Waals surface area contributed by atoms with Gasteiger partial charge in [-0.05, 0) is 0 Å². The quantitative estimate of drug-likeness (QED) is 0.402. The van der Waals surface area contributed by atoms with Gasteiger partial charge < -0.3 is 19.2 Å². The summed E-state index contributed by atoms with van der Waals surface area (Å²) in [5.41, 5.74) is 0. The SMILES string of the molecule is [K+].[K+].[K+].[O-][Si]([O-])([O-])O. The normalized spacial score (nSPS) is 7.50. The first-order valence-corrected chi connectivity index (χ1v) is 2.51. The van der Waals surface area contributed by atoms with Gasteiger partial charge in [-0.3, -0.25) is 0 Å². The molecule has 8 heavy (non-hydrogen) atoms. The van der Waals surface area contributed by atoms with E-state index in [0.717, 1.165) is 0 Å². The summed E-state index contributed by atoms with van der Waals surface area (Å²) >= 11 is 0. The average molecular weight is 210 g/mol. The van der Waals surface area contributed by atoms with Gasteiger partial charge >= 0.3 is 154 Å². The maximum Gasteiger partial charge on any atom is 1.00 e. The number of hydrogen-bond acceptors (Lipinski definition) is 4. The molecule has 0 spiro atoms. The van der Waals surface area contributed by atoms with E-state index in [9.17, 15) is 0 Å². The summed E-state index contributed by atoms with van der Waals surface area (Å²) in [5, 5.41) is 0. The van der Waals surface area contributed by atoms with Gasteiger partial charge in [-0.1, -0.05) is 0 Å². The minimum atomic E-state index is -5.36. The van der Waals surface area contributed by atoms with E-state index < -0.39 is 9.05 Å². The van der Waals surface area contributed by atoms with Crippen molar-refractivity contribution in [2.45, 2.75) is 0 Å². The van der Waals surface area contributed by atoms with E-state index in [4.69, 9.17) is 19.2 Å². The molecule has 0 atom stereocenters. The van der Waals surface area contributed by atoms with E-state index in [1.807, 2.05) is 0 Å². The molecule has 0 aromatic rings. The fourth-order valence-corrected chi connectivity index (χ4v) is 0. The molecule has 1 N–H and O–H groups in total. The van der Waals surface area contributed by atoms with Gasteiger partial charge in [0.15, 0.2) is 0 Å². The smallest absolute Gasteiger partial charge is 0.861 e. The van der Waals surface area contributed by atoms with Crippen molar-refractivity contribution in [2.75, 3.05) is 0 Å². The van der Waals surface area contributed by atoms with Crippen LogP contribution in [0.2, 0.25) is 0 Å². The fourth-order valence-electron chi connectivity index (χ4n) is 0. The first-order valence-electron chi connectivity index (χ1n) is 0.836. The Morgan fingerprint density at radius 2 is 0.875 bits per heavy atom. The van der Waals surface area contributed by atoms with Crippen molar-refractivity contribution >= 4 is 9.05 Å². The standard InChI is InChI=1S/3K.HO4Si/c;;;1-5(2,3)4/h;;;1H/q3*+1;-3. The maximum absolute atomic E-state index is 8.69. The van der Waals surface area contributed by atoms with Crippen LogP contribution in [0.3, 0.4) is 0 Å². The zero-order chi connectivity index (χ0) is 4.50. The molecule has 0 amide bonds. The summed E-state index contributed by atoms with van der Waals surface area (Å²) in [4.78, 5) is 33.1. The van der Waals surface area contributed by atoms with Crippen LogP contribution < -0.4 is 169 Å². The van der Waals surface area contributed by atoms with E-state index in [0.29, 0.717) is 0 Å². The molecule has 0 aliphatic carbocycles. The molecule has 32 valence electrons. The Labute approximate surface area is 176 Å². The Balaban J connectivity index is -0.0000000267. The van der Waals surface area contributed by atoms with Crippen molar-refractivity contribution in [3.63, 3.8) is 0 Å². The monoisotopic (exact) mass is 210 g/mol. The summed E-state index contributed by atoms with van der Waals surface area (Å²) in [6, 6.07) is 0. The summed E-state index contributed by atoms with van der Waals surface area (Å²) < 4.78 is 0. The predicted molar refractivity (Wildman–Crippen MR) is 7.97 cm³/mol. The Hall–Kier alpha value is 4.97. The number of hydrogen-bond donors (Lipinski definition) is 1. The Bertz CT molecular complexity index is 26.8. The van der Waals surface area contributed by atoms with Crippen molar-refractivity contribution in [3.8, 4) is 0 Å². The zero-order valence-electron chi connectivity index (χ0n) is 5.17. The van der Waals surface area contributed by atoms with Gasteiger partial charge in [0.05, 0.1) is 0 Å². The summed E-state index contributed by atoms with van der Waals surface area (Å²) in [5.74, 6) is 0. The van der Waals surface area contributed by atoms with Gasteiger partial charge in [0, 0.05) is 0 Å². The summed E-state index contributed by atoms with van der Waals surface area (Å²) in [6.07, 6.45) is 0. The molecule has 0 heterocycles.